The first-order valence-corrected chi connectivity index (χ1v) is 23.7. The first kappa shape index (κ1) is 40.9. The summed E-state index contributed by atoms with van der Waals surface area (Å²) in [5.41, 5.74) is 11.2. The Kier molecular flexibility index (Phi) is 11.4. The van der Waals surface area contributed by atoms with Crippen molar-refractivity contribution in [3.05, 3.63) is 205 Å². The normalized spacial score (nSPS) is 11.9. The van der Waals surface area contributed by atoms with Gasteiger partial charge in [0.1, 0.15) is 0 Å². The summed E-state index contributed by atoms with van der Waals surface area (Å²) in [4.78, 5) is 2.33. The Hall–Kier alpha value is -6.14. The van der Waals surface area contributed by atoms with Gasteiger partial charge in [-0.05, 0) is 147 Å². The Bertz CT molecular complexity index is 2890. The predicted octanol–water partition coefficient (Wildman–Crippen LogP) is 15.5. The molecule has 2 nitrogen and oxygen atoms in total. The largest absolute Gasteiger partial charge is 0.396 e. The van der Waals surface area contributed by atoms with Crippen LogP contribution in [0.2, 0.25) is 0 Å². The highest BCUT2D eigenvalue weighted by atomic mass is 32.2. The van der Waals surface area contributed by atoms with E-state index >= 15 is 0 Å². The molecule has 2 N–H and O–H groups in total. The van der Waals surface area contributed by atoms with E-state index in [1.807, 2.05) is 0 Å². The first-order chi connectivity index (χ1) is 30.9. The molecule has 0 aromatic heterocycles. The molecule has 308 valence electrons. The van der Waals surface area contributed by atoms with Crippen molar-refractivity contribution in [2.45, 2.75) is 29.1 Å². The molecular formula is C59H48O2S2. The van der Waals surface area contributed by atoms with E-state index in [9.17, 15) is 10.2 Å². The molecule has 0 saturated carbocycles. The first-order valence-electron chi connectivity index (χ1n) is 21.7. The summed E-state index contributed by atoms with van der Waals surface area (Å²) in [5, 5.41) is 30.1. The molecule has 0 bridgehead atoms. The van der Waals surface area contributed by atoms with E-state index in [2.05, 4.69) is 208 Å². The van der Waals surface area contributed by atoms with Crippen LogP contribution in [0.15, 0.2) is 204 Å². The van der Waals surface area contributed by atoms with Gasteiger partial charge in [-0.3, -0.25) is 0 Å². The van der Waals surface area contributed by atoms with E-state index in [0.717, 1.165) is 44.5 Å². The maximum Gasteiger partial charge on any atom is 0.0525 e. The van der Waals surface area contributed by atoms with Crippen molar-refractivity contribution in [2.24, 2.45) is 0 Å². The molecule has 0 aliphatic carbocycles. The van der Waals surface area contributed by atoms with Crippen molar-refractivity contribution in [2.75, 3.05) is 24.7 Å². The van der Waals surface area contributed by atoms with E-state index in [1.165, 1.54) is 64.0 Å². The minimum absolute atomic E-state index is 0.0853. The minimum atomic E-state index is -0.477. The summed E-state index contributed by atoms with van der Waals surface area (Å²) in [6, 6.07) is 71.1. The lowest BCUT2D eigenvalue weighted by Gasteiger charge is -2.31. The van der Waals surface area contributed by atoms with Gasteiger partial charge in [-0.1, -0.05) is 159 Å². The predicted molar refractivity (Wildman–Crippen MR) is 272 cm³/mol. The number of benzene rings is 10. The maximum atomic E-state index is 10.3. The Morgan fingerprint density at radius 2 is 0.587 bits per heavy atom. The Morgan fingerprint density at radius 1 is 0.333 bits per heavy atom. The van der Waals surface area contributed by atoms with Crippen molar-refractivity contribution < 1.29 is 10.2 Å². The summed E-state index contributed by atoms with van der Waals surface area (Å²) in [7, 11) is 0. The van der Waals surface area contributed by atoms with Crippen molar-refractivity contribution in [1.29, 1.82) is 0 Å². The Balaban J connectivity index is 1.25. The third-order valence-corrected chi connectivity index (χ3v) is 14.8. The third kappa shape index (κ3) is 8.05. The number of rotatable bonds is 12. The van der Waals surface area contributed by atoms with Gasteiger partial charge in [-0.2, -0.15) is 0 Å². The van der Waals surface area contributed by atoms with Crippen molar-refractivity contribution in [3.8, 4) is 44.5 Å². The Morgan fingerprint density at radius 3 is 0.841 bits per heavy atom. The molecule has 10 aromatic rings. The highest BCUT2D eigenvalue weighted by molar-refractivity contribution is 7.99. The fraction of sp³-hybridized carbons (Fsp3) is 0.119. The van der Waals surface area contributed by atoms with Crippen LogP contribution in [0.25, 0.3) is 87.6 Å². The lowest BCUT2D eigenvalue weighted by atomic mass is 9.74. The average Bonchev–Trinajstić information content (AvgIpc) is 3.33. The van der Waals surface area contributed by atoms with E-state index < -0.39 is 5.41 Å². The lowest BCUT2D eigenvalue weighted by molar-refractivity contribution is 0.322. The number of hydrogen-bond donors (Lipinski definition) is 2. The van der Waals surface area contributed by atoms with Crippen LogP contribution in [0.3, 0.4) is 0 Å². The van der Waals surface area contributed by atoms with E-state index in [-0.39, 0.29) is 13.2 Å². The summed E-state index contributed by atoms with van der Waals surface area (Å²) < 4.78 is 0. The second kappa shape index (κ2) is 17.6. The van der Waals surface area contributed by atoms with Gasteiger partial charge in [-0.15, -0.1) is 23.5 Å². The summed E-state index contributed by atoms with van der Waals surface area (Å²) in [5.74, 6) is 1.17. The molecule has 0 saturated heterocycles. The number of thioether (sulfide) groups is 2. The van der Waals surface area contributed by atoms with E-state index in [0.29, 0.717) is 11.5 Å². The fourth-order valence-electron chi connectivity index (χ4n) is 9.04. The second-order valence-corrected chi connectivity index (χ2v) is 19.0. The molecule has 0 atom stereocenters. The summed E-state index contributed by atoms with van der Waals surface area (Å²) >= 11 is 3.45. The topological polar surface area (TPSA) is 40.5 Å². The highest BCUT2D eigenvalue weighted by Gasteiger charge is 2.29. The van der Waals surface area contributed by atoms with Crippen LogP contribution in [0.1, 0.15) is 25.0 Å². The molecule has 63 heavy (non-hydrogen) atoms. The lowest BCUT2D eigenvalue weighted by Crippen LogP contribution is -2.20. The number of aliphatic hydroxyl groups is 2. The number of fused-ring (bicyclic) bond motifs is 4. The van der Waals surface area contributed by atoms with E-state index in [4.69, 9.17) is 0 Å². The number of aliphatic hydroxyl groups excluding tert-OH is 2. The maximum absolute atomic E-state index is 10.3. The molecule has 10 rings (SSSR count). The molecule has 0 unspecified atom stereocenters. The highest BCUT2D eigenvalue weighted by Crippen LogP contribution is 2.49. The zero-order valence-electron chi connectivity index (χ0n) is 35.5. The van der Waals surface area contributed by atoms with Crippen LogP contribution in [0, 0.1) is 0 Å². The van der Waals surface area contributed by atoms with Gasteiger partial charge in [0.2, 0.25) is 0 Å². The Labute approximate surface area is 378 Å². The van der Waals surface area contributed by atoms with Gasteiger partial charge in [0, 0.05) is 26.7 Å². The number of hydrogen-bond acceptors (Lipinski definition) is 4. The molecule has 10 aromatic carbocycles. The SMILES string of the molecule is CC(C)(c1cc(-c2ccc3ccccc3c2)c(SCCO)c(-c2ccc3ccccc3c2)c1)c1cc(-c2ccc3ccccc3c2)c(SCCO)c(-c2ccc3ccccc3c2)c1. The van der Waals surface area contributed by atoms with Crippen LogP contribution >= 0.6 is 23.5 Å². The summed E-state index contributed by atoms with van der Waals surface area (Å²) in [6.07, 6.45) is 0. The third-order valence-electron chi connectivity index (χ3n) is 12.5. The second-order valence-electron chi connectivity index (χ2n) is 16.8. The molecule has 0 fully saturated rings. The van der Waals surface area contributed by atoms with Crippen LogP contribution in [-0.2, 0) is 5.41 Å². The van der Waals surface area contributed by atoms with Gasteiger partial charge in [-0.25, -0.2) is 0 Å². The molecule has 0 aliphatic rings. The molecule has 0 heterocycles. The molecule has 4 heteroatoms. The quantitative estimate of drug-likeness (QED) is 0.120. The molecule has 0 amide bonds. The monoisotopic (exact) mass is 852 g/mol. The fourth-order valence-corrected chi connectivity index (χ4v) is 11.0. The average molecular weight is 853 g/mol. The van der Waals surface area contributed by atoms with Crippen molar-refractivity contribution in [3.63, 3.8) is 0 Å². The van der Waals surface area contributed by atoms with Gasteiger partial charge in [0.25, 0.3) is 0 Å². The van der Waals surface area contributed by atoms with Gasteiger partial charge in [0.15, 0.2) is 0 Å². The van der Waals surface area contributed by atoms with Crippen LogP contribution in [-0.4, -0.2) is 34.9 Å². The molecular weight excluding hydrogens is 805 g/mol. The van der Waals surface area contributed by atoms with Gasteiger partial charge in [0.05, 0.1) is 13.2 Å². The van der Waals surface area contributed by atoms with Crippen molar-refractivity contribution in [1.82, 2.24) is 0 Å². The smallest absolute Gasteiger partial charge is 0.0525 e. The zero-order chi connectivity index (χ0) is 42.9. The standard InChI is InChI=1S/C59H48O2S2/c1-59(2,51-35-53(47-23-19-39-11-3-7-15-43(39)31-47)57(62-29-27-60)54(36-51)48-24-20-40-12-4-8-16-44(40)32-48)52-37-55(49-25-21-41-13-5-9-17-45(41)33-49)58(63-30-28-61)56(38-52)50-26-22-42-14-6-10-18-46(42)34-50/h3-26,31-38,60-61H,27-30H2,1-2H3. The van der Waals surface area contributed by atoms with Gasteiger partial charge < -0.3 is 10.2 Å². The van der Waals surface area contributed by atoms with Crippen LogP contribution < -0.4 is 0 Å². The van der Waals surface area contributed by atoms with Crippen LogP contribution in [0.4, 0.5) is 0 Å². The van der Waals surface area contributed by atoms with Crippen LogP contribution in [0.5, 0.6) is 0 Å². The molecule has 0 aliphatic heterocycles. The zero-order valence-corrected chi connectivity index (χ0v) is 37.1. The molecule has 0 radical (unpaired) electrons. The minimum Gasteiger partial charge on any atom is -0.396 e. The van der Waals surface area contributed by atoms with E-state index in [1.54, 1.807) is 23.5 Å². The summed E-state index contributed by atoms with van der Waals surface area (Å²) in [6.45, 7) is 4.90. The van der Waals surface area contributed by atoms with Crippen molar-refractivity contribution >= 4 is 66.6 Å². The molecule has 0 spiro atoms. The van der Waals surface area contributed by atoms with Gasteiger partial charge >= 0.3 is 0 Å².